The van der Waals surface area contributed by atoms with Gasteiger partial charge in [0.25, 0.3) is 14.2 Å². The Kier molecular flexibility index (Phi) is 5.81. The first kappa shape index (κ1) is 21.4. The summed E-state index contributed by atoms with van der Waals surface area (Å²) in [4.78, 5) is 12.9. The first-order chi connectivity index (χ1) is 13.6. The Morgan fingerprint density at radius 2 is 1.45 bits per heavy atom. The van der Waals surface area contributed by atoms with Crippen LogP contribution in [-0.2, 0) is 0 Å². The largest absolute Gasteiger partial charge is 0.543 e. The molecule has 4 nitrogen and oxygen atoms in total. The van der Waals surface area contributed by atoms with Crippen LogP contribution in [0.3, 0.4) is 0 Å². The highest BCUT2D eigenvalue weighted by atomic mass is 28.4. The predicted molar refractivity (Wildman–Crippen MR) is 125 cm³/mol. The minimum atomic E-state index is -2.07. The molecule has 1 heterocycles. The van der Waals surface area contributed by atoms with E-state index >= 15 is 0 Å². The van der Waals surface area contributed by atoms with Crippen molar-refractivity contribution in [3.8, 4) is 5.75 Å². The van der Waals surface area contributed by atoms with Crippen LogP contribution >= 0.6 is 0 Å². The Morgan fingerprint density at radius 1 is 0.828 bits per heavy atom. The summed E-state index contributed by atoms with van der Waals surface area (Å²) in [7, 11) is -2.07. The monoisotopic (exact) mass is 410 g/mol. The number of hydrogen-bond donors (Lipinski definition) is 2. The van der Waals surface area contributed by atoms with Crippen LogP contribution in [0.2, 0.25) is 16.6 Å². The van der Waals surface area contributed by atoms with E-state index in [1.165, 1.54) is 0 Å². The molecular weight excluding hydrogens is 376 g/mol. The lowest BCUT2D eigenvalue weighted by Gasteiger charge is -2.42. The zero-order valence-electron chi connectivity index (χ0n) is 18.9. The summed E-state index contributed by atoms with van der Waals surface area (Å²) >= 11 is 0. The van der Waals surface area contributed by atoms with Gasteiger partial charge in [0.1, 0.15) is 5.75 Å². The second-order valence-electron chi connectivity index (χ2n) is 9.16. The number of carbonyl (C=O) groups excluding carboxylic acids is 1. The van der Waals surface area contributed by atoms with Crippen molar-refractivity contribution in [2.75, 3.05) is 10.6 Å². The highest BCUT2D eigenvalue weighted by Crippen LogP contribution is 2.45. The Morgan fingerprint density at radius 3 is 2.03 bits per heavy atom. The smallest absolute Gasteiger partial charge is 0.258 e. The number of rotatable bonds is 5. The topological polar surface area (TPSA) is 50.4 Å². The molecule has 3 rings (SSSR count). The molecule has 0 atom stereocenters. The first-order valence-electron chi connectivity index (χ1n) is 10.6. The summed E-state index contributed by atoms with van der Waals surface area (Å²) in [5.41, 5.74) is 6.83. The number of carbonyl (C=O) groups is 1. The first-order valence-corrected chi connectivity index (χ1v) is 12.7. The van der Waals surface area contributed by atoms with E-state index in [-0.39, 0.29) is 5.91 Å². The number of benzene rings is 2. The molecular formula is C24H34N2O2Si. The number of anilines is 3. The number of fused-ring (bicyclic) bond motifs is 2. The highest BCUT2D eigenvalue weighted by Gasteiger charge is 2.47. The number of hydrogen-bond acceptors (Lipinski definition) is 3. The number of amides is 1. The van der Waals surface area contributed by atoms with Gasteiger partial charge in [0, 0.05) is 6.07 Å². The summed E-state index contributed by atoms with van der Waals surface area (Å²) in [5, 5.41) is 6.60. The Labute approximate surface area is 176 Å². The predicted octanol–water partition coefficient (Wildman–Crippen LogP) is 7.17. The normalized spacial score (nSPS) is 13.7. The van der Waals surface area contributed by atoms with Crippen LogP contribution < -0.4 is 15.1 Å². The lowest BCUT2D eigenvalue weighted by atomic mass is 10.1. The Bertz CT molecular complexity index is 913. The second kappa shape index (κ2) is 7.86. The standard InChI is InChI=1S/C24H34N2O2Si/c1-14(2)29(15(3)4,16(5)6)28-19-12-18(8)23-21(13-19)25-24(27)20-11-9-10-17(7)22(20)26-23/h9-16,26H,1-8H3,(H,25,27). The van der Waals surface area contributed by atoms with Gasteiger partial charge in [-0.2, -0.15) is 0 Å². The third kappa shape index (κ3) is 3.68. The zero-order chi connectivity index (χ0) is 21.5. The summed E-state index contributed by atoms with van der Waals surface area (Å²) in [6.45, 7) is 17.8. The molecule has 1 aliphatic heterocycles. The lowest BCUT2D eigenvalue weighted by molar-refractivity contribution is 0.102. The van der Waals surface area contributed by atoms with Gasteiger partial charge in [0.2, 0.25) is 0 Å². The molecule has 0 radical (unpaired) electrons. The lowest BCUT2D eigenvalue weighted by Crippen LogP contribution is -2.50. The minimum absolute atomic E-state index is 0.0911. The number of aryl methyl sites for hydroxylation is 2. The second-order valence-corrected chi connectivity index (χ2v) is 14.5. The Hall–Kier alpha value is -2.27. The van der Waals surface area contributed by atoms with Crippen LogP contribution in [0.1, 0.15) is 63.0 Å². The molecule has 2 N–H and O–H groups in total. The molecule has 0 saturated heterocycles. The van der Waals surface area contributed by atoms with Crippen molar-refractivity contribution in [2.24, 2.45) is 0 Å². The van der Waals surface area contributed by atoms with Gasteiger partial charge in [-0.15, -0.1) is 0 Å². The van der Waals surface area contributed by atoms with Gasteiger partial charge in [-0.25, -0.2) is 0 Å². The van der Waals surface area contributed by atoms with Gasteiger partial charge in [-0.05, 0) is 53.7 Å². The molecule has 0 saturated carbocycles. The van der Waals surface area contributed by atoms with Crippen LogP contribution in [0.5, 0.6) is 5.75 Å². The molecule has 0 unspecified atom stereocenters. The third-order valence-electron chi connectivity index (χ3n) is 6.33. The van der Waals surface area contributed by atoms with Crippen molar-refractivity contribution < 1.29 is 9.22 Å². The van der Waals surface area contributed by atoms with Crippen LogP contribution in [0.15, 0.2) is 30.3 Å². The van der Waals surface area contributed by atoms with E-state index < -0.39 is 8.32 Å². The molecule has 29 heavy (non-hydrogen) atoms. The van der Waals surface area contributed by atoms with Gasteiger partial charge in [-0.3, -0.25) is 4.79 Å². The maximum Gasteiger partial charge on any atom is 0.258 e. The van der Waals surface area contributed by atoms with E-state index in [0.29, 0.717) is 22.2 Å². The van der Waals surface area contributed by atoms with E-state index in [4.69, 9.17) is 4.43 Å². The quantitative estimate of drug-likeness (QED) is 0.514. The fraction of sp³-hybridized carbons (Fsp3) is 0.458. The molecule has 0 aliphatic carbocycles. The van der Waals surface area contributed by atoms with Gasteiger partial charge in [-0.1, -0.05) is 53.7 Å². The summed E-state index contributed by atoms with van der Waals surface area (Å²) in [6, 6.07) is 9.89. The molecule has 0 bridgehead atoms. The fourth-order valence-corrected chi connectivity index (χ4v) is 10.2. The summed E-state index contributed by atoms with van der Waals surface area (Å²) < 4.78 is 6.87. The van der Waals surface area contributed by atoms with Crippen molar-refractivity contribution in [1.29, 1.82) is 0 Å². The van der Waals surface area contributed by atoms with Gasteiger partial charge in [0.05, 0.1) is 22.6 Å². The zero-order valence-corrected chi connectivity index (χ0v) is 19.9. The fourth-order valence-electron chi connectivity index (χ4n) is 4.97. The Balaban J connectivity index is 2.07. The molecule has 2 aromatic rings. The molecule has 2 aromatic carbocycles. The maximum absolute atomic E-state index is 12.9. The molecule has 0 aromatic heterocycles. The minimum Gasteiger partial charge on any atom is -0.543 e. The number of para-hydroxylation sites is 1. The van der Waals surface area contributed by atoms with E-state index in [9.17, 15) is 4.79 Å². The van der Waals surface area contributed by atoms with Crippen molar-refractivity contribution in [1.82, 2.24) is 0 Å². The van der Waals surface area contributed by atoms with Crippen molar-refractivity contribution in [2.45, 2.75) is 72.0 Å². The number of nitrogens with one attached hydrogen (secondary N) is 2. The van der Waals surface area contributed by atoms with Crippen LogP contribution in [0.4, 0.5) is 17.1 Å². The molecule has 1 aliphatic rings. The van der Waals surface area contributed by atoms with Crippen molar-refractivity contribution in [3.05, 3.63) is 47.0 Å². The van der Waals surface area contributed by atoms with Gasteiger partial charge < -0.3 is 15.1 Å². The van der Waals surface area contributed by atoms with Crippen LogP contribution in [-0.4, -0.2) is 14.2 Å². The van der Waals surface area contributed by atoms with E-state index in [1.807, 2.05) is 31.2 Å². The van der Waals surface area contributed by atoms with Crippen LogP contribution in [0.25, 0.3) is 0 Å². The highest BCUT2D eigenvalue weighted by molar-refractivity contribution is 6.78. The van der Waals surface area contributed by atoms with Crippen molar-refractivity contribution >= 4 is 31.3 Å². The molecule has 0 fully saturated rings. The van der Waals surface area contributed by atoms with Crippen molar-refractivity contribution in [3.63, 3.8) is 0 Å². The third-order valence-corrected chi connectivity index (χ3v) is 12.3. The van der Waals surface area contributed by atoms with Crippen LogP contribution in [0, 0.1) is 13.8 Å². The van der Waals surface area contributed by atoms with Gasteiger partial charge in [0.15, 0.2) is 0 Å². The van der Waals surface area contributed by atoms with E-state index in [0.717, 1.165) is 33.9 Å². The molecule has 5 heteroatoms. The molecule has 0 spiro atoms. The van der Waals surface area contributed by atoms with E-state index in [2.05, 4.69) is 65.2 Å². The van der Waals surface area contributed by atoms with Gasteiger partial charge >= 0.3 is 0 Å². The molecule has 1 amide bonds. The average Bonchev–Trinajstić information content (AvgIpc) is 2.76. The maximum atomic E-state index is 12.9. The molecule has 156 valence electrons. The summed E-state index contributed by atoms with van der Waals surface area (Å²) in [6.07, 6.45) is 0. The summed E-state index contributed by atoms with van der Waals surface area (Å²) in [5.74, 6) is 0.764. The SMILES string of the molecule is Cc1cc(O[Si](C(C)C)(C(C)C)C(C)C)cc2c1Nc1c(C)cccc1C(=O)N2. The van der Waals surface area contributed by atoms with E-state index in [1.54, 1.807) is 0 Å². The average molecular weight is 411 g/mol.